The molecule has 0 aromatic carbocycles. The highest BCUT2D eigenvalue weighted by atomic mass is 16.2. The van der Waals surface area contributed by atoms with Crippen molar-refractivity contribution in [3.63, 3.8) is 0 Å². The fraction of sp³-hybridized carbons (Fsp3) is 0.833. The highest BCUT2D eigenvalue weighted by Crippen LogP contribution is 2.51. The minimum Gasteiger partial charge on any atom is -0.340 e. The third-order valence-corrected chi connectivity index (χ3v) is 4.77. The molecule has 3 atom stereocenters. The molecule has 2 rings (SSSR count). The van der Waals surface area contributed by atoms with Gasteiger partial charge in [0.2, 0.25) is 11.8 Å². The zero-order valence-electron chi connectivity index (χ0n) is 10.5. The maximum absolute atomic E-state index is 12.1. The lowest BCUT2D eigenvalue weighted by atomic mass is 9.84. The second-order valence-electron chi connectivity index (χ2n) is 5.71. The van der Waals surface area contributed by atoms with E-state index in [1.807, 2.05) is 27.7 Å². The molecule has 0 radical (unpaired) electrons. The van der Waals surface area contributed by atoms with Crippen molar-refractivity contribution in [2.24, 2.45) is 17.8 Å². The van der Waals surface area contributed by atoms with Crippen molar-refractivity contribution in [1.29, 1.82) is 0 Å². The van der Waals surface area contributed by atoms with Crippen LogP contribution < -0.4 is 10.6 Å². The van der Waals surface area contributed by atoms with Gasteiger partial charge < -0.3 is 10.6 Å². The second kappa shape index (κ2) is 2.99. The summed E-state index contributed by atoms with van der Waals surface area (Å²) in [4.78, 5) is 24.3. The quantitative estimate of drug-likeness (QED) is 0.688. The Morgan fingerprint density at radius 2 is 1.56 bits per heavy atom. The standard InChI is InChI=1S/C12H20N2O2/c1-6(2)11(5)9(15)14-12(10(16)13-11)7(3)8(12)4/h6-8H,1-5H3,(H,13,16)(H,14,15). The number of carbonyl (C=O) groups excluding carboxylic acids is 2. The van der Waals surface area contributed by atoms with E-state index in [0.29, 0.717) is 0 Å². The molecule has 16 heavy (non-hydrogen) atoms. The van der Waals surface area contributed by atoms with Crippen molar-refractivity contribution < 1.29 is 9.59 Å². The van der Waals surface area contributed by atoms with Crippen molar-refractivity contribution in [3.8, 4) is 0 Å². The van der Waals surface area contributed by atoms with E-state index < -0.39 is 11.1 Å². The van der Waals surface area contributed by atoms with Crippen LogP contribution in [-0.4, -0.2) is 22.9 Å². The molecule has 1 heterocycles. The van der Waals surface area contributed by atoms with Crippen molar-refractivity contribution in [1.82, 2.24) is 10.6 Å². The first-order chi connectivity index (χ1) is 7.26. The van der Waals surface area contributed by atoms with Gasteiger partial charge in [-0.3, -0.25) is 9.59 Å². The molecule has 1 saturated heterocycles. The average Bonchev–Trinajstić information content (AvgIpc) is 2.69. The molecule has 0 aromatic rings. The van der Waals surface area contributed by atoms with E-state index in [4.69, 9.17) is 0 Å². The third-order valence-electron chi connectivity index (χ3n) is 4.77. The zero-order valence-corrected chi connectivity index (χ0v) is 10.5. The van der Waals surface area contributed by atoms with Crippen molar-refractivity contribution in [2.75, 3.05) is 0 Å². The Hall–Kier alpha value is -1.06. The third kappa shape index (κ3) is 1.10. The van der Waals surface area contributed by atoms with Gasteiger partial charge >= 0.3 is 0 Å². The number of hydrogen-bond acceptors (Lipinski definition) is 2. The van der Waals surface area contributed by atoms with Gasteiger partial charge in [-0.05, 0) is 24.7 Å². The van der Waals surface area contributed by atoms with Crippen LogP contribution in [0, 0.1) is 17.8 Å². The van der Waals surface area contributed by atoms with Gasteiger partial charge in [0, 0.05) is 0 Å². The summed E-state index contributed by atoms with van der Waals surface area (Å²) in [5.41, 5.74) is -1.41. The summed E-state index contributed by atoms with van der Waals surface area (Å²) in [7, 11) is 0. The Morgan fingerprint density at radius 3 is 1.94 bits per heavy atom. The number of nitrogens with one attached hydrogen (secondary N) is 2. The van der Waals surface area contributed by atoms with Crippen LogP contribution in [0.15, 0.2) is 0 Å². The van der Waals surface area contributed by atoms with Gasteiger partial charge in [-0.2, -0.15) is 0 Å². The maximum Gasteiger partial charge on any atom is 0.247 e. The minimum atomic E-state index is -0.773. The minimum absolute atomic E-state index is 0.0247. The SMILES string of the molecule is CC(C)C1(C)NC(=O)C2(NC1=O)C(C)C2C. The molecule has 2 fully saturated rings. The van der Waals surface area contributed by atoms with Crippen LogP contribution in [0.5, 0.6) is 0 Å². The Bertz CT molecular complexity index is 331. The van der Waals surface area contributed by atoms with Crippen molar-refractivity contribution in [2.45, 2.75) is 45.7 Å². The first-order valence-electron chi connectivity index (χ1n) is 5.92. The molecule has 4 nitrogen and oxygen atoms in total. The highest BCUT2D eigenvalue weighted by molar-refractivity contribution is 6.04. The van der Waals surface area contributed by atoms with Crippen LogP contribution in [0.4, 0.5) is 0 Å². The number of hydrogen-bond donors (Lipinski definition) is 2. The first-order valence-corrected chi connectivity index (χ1v) is 5.92. The second-order valence-corrected chi connectivity index (χ2v) is 5.71. The van der Waals surface area contributed by atoms with Crippen molar-refractivity contribution >= 4 is 11.8 Å². The molecule has 90 valence electrons. The molecule has 4 heteroatoms. The summed E-state index contributed by atoms with van der Waals surface area (Å²) >= 11 is 0. The highest BCUT2D eigenvalue weighted by Gasteiger charge is 2.69. The summed E-state index contributed by atoms with van der Waals surface area (Å²) in [5, 5.41) is 5.84. The predicted molar refractivity (Wildman–Crippen MR) is 60.6 cm³/mol. The molecule has 1 aliphatic heterocycles. The topological polar surface area (TPSA) is 58.2 Å². The van der Waals surface area contributed by atoms with E-state index in [2.05, 4.69) is 10.6 Å². The van der Waals surface area contributed by atoms with Crippen molar-refractivity contribution in [3.05, 3.63) is 0 Å². The Morgan fingerprint density at radius 1 is 1.06 bits per heavy atom. The van der Waals surface area contributed by atoms with Gasteiger partial charge in [-0.1, -0.05) is 27.7 Å². The first kappa shape index (κ1) is 11.4. The van der Waals surface area contributed by atoms with E-state index in [0.717, 1.165) is 0 Å². The van der Waals surface area contributed by atoms with E-state index in [1.165, 1.54) is 0 Å². The van der Waals surface area contributed by atoms with Crippen LogP contribution in [0.25, 0.3) is 0 Å². The van der Waals surface area contributed by atoms with Gasteiger partial charge in [0.25, 0.3) is 0 Å². The predicted octanol–water partition coefficient (Wildman–Crippen LogP) is 0.672. The molecule has 0 aromatic heterocycles. The number of amides is 2. The van der Waals surface area contributed by atoms with Crippen LogP contribution in [0.2, 0.25) is 0 Å². The van der Waals surface area contributed by atoms with Gasteiger partial charge in [0.1, 0.15) is 11.1 Å². The lowest BCUT2D eigenvalue weighted by Crippen LogP contribution is -2.72. The van der Waals surface area contributed by atoms with Gasteiger partial charge in [0.05, 0.1) is 0 Å². The lowest BCUT2D eigenvalue weighted by Gasteiger charge is -2.41. The van der Waals surface area contributed by atoms with Crippen LogP contribution in [0.1, 0.15) is 34.6 Å². The van der Waals surface area contributed by atoms with Crippen LogP contribution in [0.3, 0.4) is 0 Å². The average molecular weight is 224 g/mol. The molecule has 1 spiro atoms. The summed E-state index contributed by atoms with van der Waals surface area (Å²) < 4.78 is 0. The molecule has 1 saturated carbocycles. The van der Waals surface area contributed by atoms with E-state index in [1.54, 1.807) is 6.92 Å². The van der Waals surface area contributed by atoms with E-state index in [9.17, 15) is 9.59 Å². The Labute approximate surface area is 96.2 Å². The molecule has 2 aliphatic rings. The summed E-state index contributed by atoms with van der Waals surface area (Å²) in [6.07, 6.45) is 0. The van der Waals surface area contributed by atoms with E-state index >= 15 is 0 Å². The van der Waals surface area contributed by atoms with Crippen LogP contribution in [-0.2, 0) is 9.59 Å². The normalized spacial score (nSPS) is 46.9. The molecule has 2 N–H and O–H groups in total. The summed E-state index contributed by atoms with van der Waals surface area (Å²) in [6, 6.07) is 0. The fourth-order valence-electron chi connectivity index (χ4n) is 2.59. The van der Waals surface area contributed by atoms with Crippen LogP contribution >= 0.6 is 0 Å². The zero-order chi connectivity index (χ0) is 12.3. The molecule has 3 unspecified atom stereocenters. The molecule has 2 amide bonds. The Balaban J connectivity index is 2.28. The molecule has 1 aliphatic carbocycles. The smallest absolute Gasteiger partial charge is 0.247 e. The summed E-state index contributed by atoms with van der Waals surface area (Å²) in [6.45, 7) is 9.68. The number of piperazine rings is 1. The summed E-state index contributed by atoms with van der Waals surface area (Å²) in [5.74, 6) is 0.459. The lowest BCUT2D eigenvalue weighted by molar-refractivity contribution is -0.144. The number of rotatable bonds is 1. The van der Waals surface area contributed by atoms with E-state index in [-0.39, 0.29) is 29.6 Å². The largest absolute Gasteiger partial charge is 0.340 e. The Kier molecular flexibility index (Phi) is 2.14. The monoisotopic (exact) mass is 224 g/mol. The van der Waals surface area contributed by atoms with Gasteiger partial charge in [-0.15, -0.1) is 0 Å². The molecular formula is C12H20N2O2. The molecule has 0 bridgehead atoms. The maximum atomic E-state index is 12.1. The van der Waals surface area contributed by atoms with Gasteiger partial charge in [0.15, 0.2) is 0 Å². The number of carbonyl (C=O) groups is 2. The van der Waals surface area contributed by atoms with Gasteiger partial charge in [-0.25, -0.2) is 0 Å². The molecular weight excluding hydrogens is 204 g/mol. The fourth-order valence-corrected chi connectivity index (χ4v) is 2.59.